The minimum atomic E-state index is 0.249. The van der Waals surface area contributed by atoms with E-state index in [9.17, 15) is 4.79 Å². The van der Waals surface area contributed by atoms with Crippen LogP contribution in [0.4, 0.5) is 0 Å². The second-order valence-electron chi connectivity index (χ2n) is 4.21. The van der Waals surface area contributed by atoms with Crippen LogP contribution < -0.4 is 4.74 Å². The van der Waals surface area contributed by atoms with Crippen LogP contribution in [-0.4, -0.2) is 17.5 Å². The van der Waals surface area contributed by atoms with E-state index in [1.807, 2.05) is 18.3 Å². The molecular formula is C14H17NO2. The zero-order chi connectivity index (χ0) is 12.3. The Labute approximate surface area is 101 Å². The summed E-state index contributed by atoms with van der Waals surface area (Å²) in [5.41, 5.74) is 1.16. The van der Waals surface area contributed by atoms with E-state index in [-0.39, 0.29) is 5.78 Å². The van der Waals surface area contributed by atoms with E-state index in [2.05, 4.69) is 16.7 Å². The van der Waals surface area contributed by atoms with Crippen LogP contribution in [0.5, 0.6) is 5.75 Å². The molecule has 0 bridgehead atoms. The first kappa shape index (κ1) is 11.7. The number of benzene rings is 1. The first-order chi connectivity index (χ1) is 8.22. The molecule has 0 amide bonds. The molecule has 17 heavy (non-hydrogen) atoms. The van der Waals surface area contributed by atoms with Crippen molar-refractivity contribution in [1.29, 1.82) is 0 Å². The van der Waals surface area contributed by atoms with Crippen molar-refractivity contribution in [3.63, 3.8) is 0 Å². The highest BCUT2D eigenvalue weighted by Crippen LogP contribution is 2.26. The summed E-state index contributed by atoms with van der Waals surface area (Å²) < 4.78 is 7.48. The highest BCUT2D eigenvalue weighted by atomic mass is 16.5. The molecule has 1 aromatic heterocycles. The van der Waals surface area contributed by atoms with Crippen molar-refractivity contribution in [3.8, 4) is 5.75 Å². The van der Waals surface area contributed by atoms with E-state index in [4.69, 9.17) is 4.74 Å². The summed E-state index contributed by atoms with van der Waals surface area (Å²) in [6, 6.07) is 8.08. The largest absolute Gasteiger partial charge is 0.496 e. The van der Waals surface area contributed by atoms with Crippen molar-refractivity contribution in [3.05, 3.63) is 30.5 Å². The highest BCUT2D eigenvalue weighted by Gasteiger charge is 2.05. The number of ketones is 1. The monoisotopic (exact) mass is 231 g/mol. The summed E-state index contributed by atoms with van der Waals surface area (Å²) in [5.74, 6) is 1.15. The Hall–Kier alpha value is -1.77. The molecule has 0 saturated carbocycles. The van der Waals surface area contributed by atoms with Gasteiger partial charge in [-0.1, -0.05) is 6.07 Å². The van der Waals surface area contributed by atoms with Gasteiger partial charge in [-0.25, -0.2) is 0 Å². The lowest BCUT2D eigenvalue weighted by atomic mass is 10.2. The molecule has 2 aromatic rings. The van der Waals surface area contributed by atoms with E-state index in [1.54, 1.807) is 14.0 Å². The first-order valence-electron chi connectivity index (χ1n) is 5.83. The van der Waals surface area contributed by atoms with Crippen LogP contribution in [0.2, 0.25) is 0 Å². The number of ether oxygens (including phenoxy) is 1. The molecule has 0 atom stereocenters. The van der Waals surface area contributed by atoms with E-state index < -0.39 is 0 Å². The Balaban J connectivity index is 2.21. The molecule has 2 rings (SSSR count). The molecule has 3 nitrogen and oxygen atoms in total. The quantitative estimate of drug-likeness (QED) is 0.792. The molecule has 0 unspecified atom stereocenters. The molecule has 0 aliphatic carbocycles. The van der Waals surface area contributed by atoms with Gasteiger partial charge in [-0.3, -0.25) is 0 Å². The van der Waals surface area contributed by atoms with Gasteiger partial charge in [-0.2, -0.15) is 0 Å². The number of aryl methyl sites for hydroxylation is 1. The van der Waals surface area contributed by atoms with E-state index in [0.29, 0.717) is 6.42 Å². The molecule has 1 aromatic carbocycles. The summed E-state index contributed by atoms with van der Waals surface area (Å²) in [5, 5.41) is 1.12. The molecule has 0 spiro atoms. The second-order valence-corrected chi connectivity index (χ2v) is 4.21. The van der Waals surface area contributed by atoms with Gasteiger partial charge < -0.3 is 14.1 Å². The maximum atomic E-state index is 10.9. The van der Waals surface area contributed by atoms with Gasteiger partial charge in [-0.15, -0.1) is 0 Å². The molecule has 0 fully saturated rings. The van der Waals surface area contributed by atoms with Gasteiger partial charge in [0.25, 0.3) is 0 Å². The zero-order valence-electron chi connectivity index (χ0n) is 10.3. The van der Waals surface area contributed by atoms with Crippen molar-refractivity contribution in [1.82, 2.24) is 4.57 Å². The number of carbonyl (C=O) groups excluding carboxylic acids is 1. The van der Waals surface area contributed by atoms with Gasteiger partial charge in [0.1, 0.15) is 11.5 Å². The number of aromatic nitrogens is 1. The standard InChI is InChI=1S/C14H17NO2/c1-11(16)5-4-9-15-10-8-12-13(15)6-3-7-14(12)17-2/h3,6-8,10H,4-5,9H2,1-2H3. The van der Waals surface area contributed by atoms with Crippen molar-refractivity contribution in [2.75, 3.05) is 7.11 Å². The molecule has 0 N–H and O–H groups in total. The molecule has 0 aliphatic heterocycles. The normalized spacial score (nSPS) is 10.7. The number of Topliss-reactive ketones (excluding diaryl/α,β-unsaturated/α-hetero) is 1. The maximum absolute atomic E-state index is 10.9. The number of fused-ring (bicyclic) bond motifs is 1. The third-order valence-corrected chi connectivity index (χ3v) is 2.92. The lowest BCUT2D eigenvalue weighted by Crippen LogP contribution is -1.99. The minimum Gasteiger partial charge on any atom is -0.496 e. The summed E-state index contributed by atoms with van der Waals surface area (Å²) in [4.78, 5) is 10.9. The van der Waals surface area contributed by atoms with Crippen molar-refractivity contribution in [2.45, 2.75) is 26.3 Å². The topological polar surface area (TPSA) is 31.2 Å². The summed E-state index contributed by atoms with van der Waals surface area (Å²) in [6.45, 7) is 2.51. The van der Waals surface area contributed by atoms with Crippen molar-refractivity contribution in [2.24, 2.45) is 0 Å². The van der Waals surface area contributed by atoms with Crippen LogP contribution in [0, 0.1) is 0 Å². The van der Waals surface area contributed by atoms with Crippen LogP contribution in [0.1, 0.15) is 19.8 Å². The Bertz CT molecular complexity index is 528. The van der Waals surface area contributed by atoms with Crippen LogP contribution in [-0.2, 0) is 11.3 Å². The Morgan fingerprint density at radius 2 is 2.18 bits per heavy atom. The Morgan fingerprint density at radius 3 is 2.88 bits per heavy atom. The van der Waals surface area contributed by atoms with Gasteiger partial charge in [0.2, 0.25) is 0 Å². The number of hydrogen-bond donors (Lipinski definition) is 0. The van der Waals surface area contributed by atoms with Crippen LogP contribution in [0.25, 0.3) is 10.9 Å². The number of hydrogen-bond acceptors (Lipinski definition) is 2. The summed E-state index contributed by atoms with van der Waals surface area (Å²) in [6.07, 6.45) is 3.58. The Morgan fingerprint density at radius 1 is 1.35 bits per heavy atom. The molecule has 0 aliphatic rings. The predicted molar refractivity (Wildman–Crippen MR) is 68.4 cm³/mol. The zero-order valence-corrected chi connectivity index (χ0v) is 10.3. The van der Waals surface area contributed by atoms with Crippen LogP contribution in [0.15, 0.2) is 30.5 Å². The minimum absolute atomic E-state index is 0.249. The molecular weight excluding hydrogens is 214 g/mol. The number of rotatable bonds is 5. The van der Waals surface area contributed by atoms with Gasteiger partial charge >= 0.3 is 0 Å². The van der Waals surface area contributed by atoms with Gasteiger partial charge in [-0.05, 0) is 31.5 Å². The molecule has 0 saturated heterocycles. The van der Waals surface area contributed by atoms with Gasteiger partial charge in [0, 0.05) is 24.5 Å². The number of nitrogens with zero attached hydrogens (tertiary/aromatic N) is 1. The van der Waals surface area contributed by atoms with Gasteiger partial charge in [0.15, 0.2) is 0 Å². The lowest BCUT2D eigenvalue weighted by molar-refractivity contribution is -0.117. The summed E-state index contributed by atoms with van der Waals surface area (Å²) >= 11 is 0. The fourth-order valence-corrected chi connectivity index (χ4v) is 2.07. The van der Waals surface area contributed by atoms with Crippen LogP contribution >= 0.6 is 0 Å². The molecule has 90 valence electrons. The third kappa shape index (κ3) is 2.49. The average Bonchev–Trinajstić information content (AvgIpc) is 2.72. The maximum Gasteiger partial charge on any atom is 0.129 e. The summed E-state index contributed by atoms with van der Waals surface area (Å²) in [7, 11) is 1.68. The second kappa shape index (κ2) is 5.04. The highest BCUT2D eigenvalue weighted by molar-refractivity contribution is 5.86. The van der Waals surface area contributed by atoms with E-state index in [1.165, 1.54) is 0 Å². The van der Waals surface area contributed by atoms with Crippen molar-refractivity contribution >= 4 is 16.7 Å². The van der Waals surface area contributed by atoms with Crippen molar-refractivity contribution < 1.29 is 9.53 Å². The van der Waals surface area contributed by atoms with Crippen LogP contribution in [0.3, 0.4) is 0 Å². The fraction of sp³-hybridized carbons (Fsp3) is 0.357. The number of carbonyl (C=O) groups is 1. The first-order valence-corrected chi connectivity index (χ1v) is 5.83. The Kier molecular flexibility index (Phi) is 3.47. The molecule has 1 heterocycles. The van der Waals surface area contributed by atoms with Gasteiger partial charge in [0.05, 0.1) is 12.6 Å². The predicted octanol–water partition coefficient (Wildman–Crippen LogP) is 3.02. The average molecular weight is 231 g/mol. The fourth-order valence-electron chi connectivity index (χ4n) is 2.07. The van der Waals surface area contributed by atoms with E-state index >= 15 is 0 Å². The van der Waals surface area contributed by atoms with E-state index in [0.717, 1.165) is 29.6 Å². The number of methoxy groups -OCH3 is 1. The SMILES string of the molecule is COc1cccc2c1ccn2CCCC(C)=O. The third-order valence-electron chi connectivity index (χ3n) is 2.92. The molecule has 0 radical (unpaired) electrons. The molecule has 3 heteroatoms. The smallest absolute Gasteiger partial charge is 0.129 e. The lowest BCUT2D eigenvalue weighted by Gasteiger charge is -2.06.